The molecule has 122 heavy (non-hydrogen) atoms. The zero-order chi connectivity index (χ0) is 88.9. The average Bonchev–Trinajstić information content (AvgIpc) is 0.799. The third-order valence-electron chi connectivity index (χ3n) is 19.9. The van der Waals surface area contributed by atoms with Crippen LogP contribution in [0.25, 0.3) is 0 Å². The Labute approximate surface area is 718 Å². The number of nitrogens with one attached hydrogen (secondary N) is 4. The summed E-state index contributed by atoms with van der Waals surface area (Å²) in [6.45, 7) is 20.6. The van der Waals surface area contributed by atoms with Gasteiger partial charge in [0.1, 0.15) is 23.3 Å². The van der Waals surface area contributed by atoms with Crippen molar-refractivity contribution in [1.29, 1.82) is 0 Å². The van der Waals surface area contributed by atoms with Crippen LogP contribution in [0.5, 0.6) is 0 Å². The molecule has 0 unspecified atom stereocenters. The number of anilines is 8. The lowest BCUT2D eigenvalue weighted by Gasteiger charge is -2.28. The molecule has 4 aromatic carbocycles. The Balaban J connectivity index is 0.000000158. The van der Waals surface area contributed by atoms with Gasteiger partial charge in [-0.05, 0) is 216 Å². The SMILES string of the molecule is Cc1ccc(N2CCCCS2(=O)=O)cc1.Cc1ccc(N2CCCCS2(=O)=O)cc1F.Cc1ccc(N2CCCCS2(=O)=O)cn1.Cc1ccc(N2CCCNS2(=O)=O)cc1.Cc1ccc(N2CCCNS2(=O)=O)cc1F.Cc1ccc(N2CCCNS2(=O)=O)cn1.Cc1ncc(N2CCCCS2(=O)=O)cn1.Cc1ncc(N2CCCNS2(=O)=O)cn1. The molecule has 0 amide bonds. The maximum absolute atomic E-state index is 13.4. The van der Waals surface area contributed by atoms with E-state index in [2.05, 4.69) is 48.8 Å². The minimum absolute atomic E-state index is 0.155. The highest BCUT2D eigenvalue weighted by Crippen LogP contribution is 2.30. The normalized spacial score (nSPS) is 20.1. The molecule has 8 saturated heterocycles. The van der Waals surface area contributed by atoms with Crippen molar-refractivity contribution < 1.29 is 76.1 Å². The van der Waals surface area contributed by atoms with Crippen LogP contribution in [0.15, 0.2) is 146 Å². The number of hydrogen-bond acceptors (Lipinski definition) is 22. The van der Waals surface area contributed by atoms with E-state index in [1.807, 2.05) is 88.4 Å². The van der Waals surface area contributed by atoms with Gasteiger partial charge in [0.15, 0.2) is 0 Å². The van der Waals surface area contributed by atoms with Gasteiger partial charge < -0.3 is 0 Å². The van der Waals surface area contributed by atoms with Gasteiger partial charge in [0.25, 0.3) is 0 Å². The second-order valence-corrected chi connectivity index (χ2v) is 44.3. The van der Waals surface area contributed by atoms with Gasteiger partial charge in [0, 0.05) is 89.9 Å². The number of hydrogen-bond donors (Lipinski definition) is 4. The number of pyridine rings is 2. The lowest BCUT2D eigenvalue weighted by Crippen LogP contribution is -2.47. The van der Waals surface area contributed by atoms with Crippen molar-refractivity contribution in [2.45, 2.75) is 132 Å². The van der Waals surface area contributed by atoms with Crippen LogP contribution in [0.2, 0.25) is 0 Å². The first-order chi connectivity index (χ1) is 57.6. The van der Waals surface area contributed by atoms with E-state index < -0.39 is 86.7 Å². The molecular weight excluding hydrogens is 1740 g/mol. The average molecular weight is 1850 g/mol. The standard InChI is InChI=1S/C11H14FNO2S.C11H15NO2S.C10H13FN2O2S.2C10H14N2O2S.2C9H13N3O2S.C8H12N4O2S/c1-9-4-5-10(8-11(9)12)13-6-2-3-7-16(13,14)15;1-10-4-6-11(7-5-10)12-8-2-3-9-15(12,13)14;1-8-3-4-9(7-10(8)11)13-6-2-5-12-16(13,14)15;1-9-3-5-10(6-4-9)12-8-2-7-11-15(12,13)14;1-9-4-5-10(8-11-9)12-6-2-3-7-15(12,13)14;1-8-3-4-9(7-10-8)12-6-2-5-11-15(12,13)14;1-8-10-6-9(7-11-8)12-4-2-3-5-15(12,13)14;1-7-9-5-8(6-10-7)12-4-2-3-11-15(12,13)14/h4-5,8H,2-3,6-7H2,1H3;4-7H,2-3,8-9H2,1H3;3-4,7,12H,2,5-6H2,1H3;3-6,11H,2,7-8H2,1H3;4-5,8H,2-3,6-7H2,1H3;3-4,7,11H,2,5-6H2,1H3;6-7H,2-5H2,1H3;5-6,11H,2-4H2,1H3. The largest absolute Gasteiger partial charge is 0.301 e. The van der Waals surface area contributed by atoms with Gasteiger partial charge in [-0.3, -0.25) is 44.4 Å². The summed E-state index contributed by atoms with van der Waals surface area (Å²) in [6.07, 6.45) is 19.1. The number of aromatic nitrogens is 6. The molecule has 16 rings (SSSR count). The fourth-order valence-electron chi connectivity index (χ4n) is 13.0. The molecule has 8 fully saturated rings. The fraction of sp³-hybridized carbons (Fsp3) is 0.462. The molecule has 8 aromatic rings. The molecule has 0 saturated carbocycles. The zero-order valence-corrected chi connectivity index (χ0v) is 76.0. The van der Waals surface area contributed by atoms with E-state index >= 15 is 0 Å². The third kappa shape index (κ3) is 27.5. The number of halogens is 2. The number of nitrogens with zero attached hydrogens (tertiary/aromatic N) is 14. The Morgan fingerprint density at radius 2 is 0.484 bits per heavy atom. The van der Waals surface area contributed by atoms with Crippen molar-refractivity contribution in [2.24, 2.45) is 0 Å². The van der Waals surface area contributed by atoms with Crippen LogP contribution in [-0.4, -0.2) is 199 Å². The molecule has 4 N–H and O–H groups in total. The van der Waals surface area contributed by atoms with Gasteiger partial charge in [-0.25, -0.2) is 62.4 Å². The van der Waals surface area contributed by atoms with Gasteiger partial charge in [-0.2, -0.15) is 52.6 Å². The molecule has 12 heterocycles. The van der Waals surface area contributed by atoms with E-state index in [-0.39, 0.29) is 28.8 Å². The van der Waals surface area contributed by atoms with Gasteiger partial charge in [-0.1, -0.05) is 47.5 Å². The molecule has 4 aromatic heterocycles. The summed E-state index contributed by atoms with van der Waals surface area (Å²) in [4.78, 5) is 24.2. The molecule has 0 aliphatic carbocycles. The van der Waals surface area contributed by atoms with E-state index in [0.717, 1.165) is 98.1 Å². The number of sulfonamides is 4. The second kappa shape index (κ2) is 43.1. The van der Waals surface area contributed by atoms with E-state index in [9.17, 15) is 76.1 Å². The van der Waals surface area contributed by atoms with Crippen molar-refractivity contribution in [3.63, 3.8) is 0 Å². The Morgan fingerprint density at radius 3 is 0.787 bits per heavy atom. The van der Waals surface area contributed by atoms with Crippen molar-refractivity contribution in [1.82, 2.24) is 48.8 Å². The van der Waals surface area contributed by atoms with E-state index in [1.165, 1.54) is 59.0 Å². The Bertz CT molecular complexity index is 5010. The van der Waals surface area contributed by atoms with E-state index in [1.54, 1.807) is 88.9 Å². The predicted molar refractivity (Wildman–Crippen MR) is 473 cm³/mol. The molecule has 0 atom stereocenters. The second-order valence-electron chi connectivity index (χ2n) is 29.5. The lowest BCUT2D eigenvalue weighted by atomic mass is 10.2. The Kier molecular flexibility index (Phi) is 34.2. The van der Waals surface area contributed by atoms with E-state index in [4.69, 9.17) is 0 Å². The molecule has 44 heteroatoms. The molecule has 0 spiro atoms. The number of aryl methyl sites for hydroxylation is 8. The summed E-state index contributed by atoms with van der Waals surface area (Å²) in [6, 6.07) is 31.3. The quantitative estimate of drug-likeness (QED) is 0.111. The maximum atomic E-state index is 13.4. The summed E-state index contributed by atoms with van der Waals surface area (Å²) < 4.78 is 235. The van der Waals surface area contributed by atoms with Gasteiger partial charge in [0.05, 0.1) is 106 Å². The smallest absolute Gasteiger partial charge is 0.270 e. The monoisotopic (exact) mass is 1850 g/mol. The number of benzene rings is 4. The summed E-state index contributed by atoms with van der Waals surface area (Å²) in [5, 5.41) is 0. The zero-order valence-electron chi connectivity index (χ0n) is 69.5. The first-order valence-corrected chi connectivity index (χ1v) is 52.0. The highest BCUT2D eigenvalue weighted by Gasteiger charge is 2.33. The summed E-state index contributed by atoms with van der Waals surface area (Å²) >= 11 is 0. The molecule has 668 valence electrons. The highest BCUT2D eigenvalue weighted by atomic mass is 32.2. The number of rotatable bonds is 8. The molecule has 34 nitrogen and oxygen atoms in total. The van der Waals surface area contributed by atoms with Crippen LogP contribution >= 0.6 is 0 Å². The first-order valence-electron chi connectivity index (χ1n) is 39.8. The Morgan fingerprint density at radius 1 is 0.254 bits per heavy atom. The van der Waals surface area contributed by atoms with Gasteiger partial charge >= 0.3 is 40.8 Å². The molecule has 8 aliphatic heterocycles. The molecule has 0 bridgehead atoms. The van der Waals surface area contributed by atoms with E-state index in [0.29, 0.717) is 148 Å². The van der Waals surface area contributed by atoms with Gasteiger partial charge in [0.2, 0.25) is 40.1 Å². The summed E-state index contributed by atoms with van der Waals surface area (Å²) in [5.74, 6) is 1.43. The molecule has 8 aliphatic rings. The fourth-order valence-corrected chi connectivity index (χ4v) is 24.8. The van der Waals surface area contributed by atoms with Crippen LogP contribution in [0.4, 0.5) is 54.3 Å². The van der Waals surface area contributed by atoms with Crippen LogP contribution in [0, 0.1) is 67.0 Å². The lowest BCUT2D eigenvalue weighted by molar-refractivity contribution is 0.558. The minimum Gasteiger partial charge on any atom is -0.270 e. The third-order valence-corrected chi connectivity index (χ3v) is 33.5. The molecule has 0 radical (unpaired) electrons. The topological polar surface area (TPSA) is 424 Å². The van der Waals surface area contributed by atoms with Crippen molar-refractivity contribution in [2.75, 3.05) is 136 Å². The van der Waals surface area contributed by atoms with Gasteiger partial charge in [-0.15, -0.1) is 0 Å². The summed E-state index contributed by atoms with van der Waals surface area (Å²) in [7, 11) is -26.1. The maximum Gasteiger partial charge on any atom is 0.301 e. The van der Waals surface area contributed by atoms with Crippen molar-refractivity contribution >= 4 is 126 Å². The van der Waals surface area contributed by atoms with Crippen molar-refractivity contribution in [3.05, 3.63) is 203 Å². The Hall–Kier alpha value is -8.96. The first kappa shape index (κ1) is 96.9. The predicted octanol–water partition coefficient (Wildman–Crippen LogP) is 8.51. The van der Waals surface area contributed by atoms with Crippen LogP contribution in [-0.2, 0) is 80.9 Å². The summed E-state index contributed by atoms with van der Waals surface area (Å²) in [5.41, 5.74) is 9.78. The van der Waals surface area contributed by atoms with Crippen LogP contribution in [0.1, 0.15) is 122 Å². The minimum atomic E-state index is -3.49. The van der Waals surface area contributed by atoms with Crippen LogP contribution < -0.4 is 53.3 Å². The van der Waals surface area contributed by atoms with Crippen molar-refractivity contribution in [3.8, 4) is 0 Å². The highest BCUT2D eigenvalue weighted by molar-refractivity contribution is 7.94. The van der Waals surface area contributed by atoms with Crippen LogP contribution in [0.3, 0.4) is 0 Å². The molecular formula is C78H108F2N18O16S8.